The molecular formula is C26H25F2N3O2. The molecule has 1 spiro atoms. The zero-order chi connectivity index (χ0) is 22.9. The van der Waals surface area contributed by atoms with E-state index in [0.29, 0.717) is 19.0 Å². The molecule has 1 aliphatic heterocycles. The van der Waals surface area contributed by atoms with Crippen molar-refractivity contribution in [1.82, 2.24) is 14.7 Å². The number of phenols is 1. The first-order valence-electron chi connectivity index (χ1n) is 11.5. The third-order valence-corrected chi connectivity index (χ3v) is 7.42. The van der Waals surface area contributed by atoms with Crippen molar-refractivity contribution in [2.24, 2.45) is 5.41 Å². The van der Waals surface area contributed by atoms with Crippen LogP contribution in [-0.4, -0.2) is 38.8 Å². The number of benzene rings is 2. The normalized spacial score (nSPS) is 19.4. The van der Waals surface area contributed by atoms with Crippen LogP contribution in [0.25, 0.3) is 11.3 Å². The Bertz CT molecular complexity index is 1270. The lowest BCUT2D eigenvalue weighted by atomic mass is 9.60. The van der Waals surface area contributed by atoms with E-state index >= 15 is 0 Å². The van der Waals surface area contributed by atoms with Gasteiger partial charge in [0.25, 0.3) is 5.91 Å². The fourth-order valence-electron chi connectivity index (χ4n) is 5.51. The lowest BCUT2D eigenvalue weighted by molar-refractivity contribution is -0.0736. The zero-order valence-electron chi connectivity index (χ0n) is 18.4. The Kier molecular flexibility index (Phi) is 4.41. The zero-order valence-corrected chi connectivity index (χ0v) is 18.4. The van der Waals surface area contributed by atoms with Crippen LogP contribution in [-0.2, 0) is 0 Å². The molecule has 33 heavy (non-hydrogen) atoms. The van der Waals surface area contributed by atoms with E-state index < -0.39 is 5.82 Å². The first-order valence-corrected chi connectivity index (χ1v) is 11.5. The van der Waals surface area contributed by atoms with E-state index in [4.69, 9.17) is 5.10 Å². The minimum absolute atomic E-state index is 0.0361. The molecule has 0 atom stereocenters. The molecule has 1 N–H and O–H groups in total. The van der Waals surface area contributed by atoms with Crippen molar-refractivity contribution in [2.75, 3.05) is 13.1 Å². The molecule has 6 rings (SSSR count). The van der Waals surface area contributed by atoms with Gasteiger partial charge in [0.1, 0.15) is 17.4 Å². The van der Waals surface area contributed by atoms with E-state index in [2.05, 4.69) is 10.7 Å². The van der Waals surface area contributed by atoms with Gasteiger partial charge >= 0.3 is 0 Å². The summed E-state index contributed by atoms with van der Waals surface area (Å²) in [6.07, 6.45) is 4.13. The van der Waals surface area contributed by atoms with Crippen molar-refractivity contribution in [3.05, 3.63) is 70.9 Å². The average molecular weight is 450 g/mol. The number of aromatic nitrogens is 2. The minimum atomic E-state index is -0.617. The van der Waals surface area contributed by atoms with E-state index in [1.165, 1.54) is 18.2 Å². The fourth-order valence-corrected chi connectivity index (χ4v) is 5.51. The Labute approximate surface area is 190 Å². The van der Waals surface area contributed by atoms with Crippen LogP contribution < -0.4 is 0 Å². The van der Waals surface area contributed by atoms with Gasteiger partial charge in [0, 0.05) is 30.0 Å². The second-order valence-corrected chi connectivity index (χ2v) is 10.0. The lowest BCUT2D eigenvalue weighted by Gasteiger charge is -2.59. The van der Waals surface area contributed by atoms with Crippen LogP contribution in [0.1, 0.15) is 59.3 Å². The van der Waals surface area contributed by atoms with Crippen molar-refractivity contribution >= 4 is 5.91 Å². The molecule has 170 valence electrons. The largest absolute Gasteiger partial charge is 0.508 e. The molecule has 0 bridgehead atoms. The molecule has 3 aromatic rings. The van der Waals surface area contributed by atoms with E-state index in [1.54, 1.807) is 11.0 Å². The summed E-state index contributed by atoms with van der Waals surface area (Å²) in [5, 5.41) is 14.6. The highest BCUT2D eigenvalue weighted by molar-refractivity contribution is 5.95. The highest BCUT2D eigenvalue weighted by Crippen LogP contribution is 2.55. The predicted molar refractivity (Wildman–Crippen MR) is 119 cm³/mol. The molecule has 1 saturated heterocycles. The summed E-state index contributed by atoms with van der Waals surface area (Å²) >= 11 is 0. The highest BCUT2D eigenvalue weighted by atomic mass is 19.1. The Hall–Kier alpha value is -3.22. The van der Waals surface area contributed by atoms with Crippen molar-refractivity contribution in [3.8, 4) is 17.0 Å². The van der Waals surface area contributed by atoms with Gasteiger partial charge in [-0.3, -0.25) is 9.48 Å². The smallest absolute Gasteiger partial charge is 0.257 e. The summed E-state index contributed by atoms with van der Waals surface area (Å²) in [5.74, 6) is -0.833. The molecule has 0 radical (unpaired) electrons. The van der Waals surface area contributed by atoms with Crippen molar-refractivity contribution in [3.63, 3.8) is 0 Å². The van der Waals surface area contributed by atoms with E-state index in [1.807, 2.05) is 13.0 Å². The van der Waals surface area contributed by atoms with Crippen LogP contribution >= 0.6 is 0 Å². The second kappa shape index (κ2) is 7.14. The summed E-state index contributed by atoms with van der Waals surface area (Å²) in [6, 6.07) is 10.8. The topological polar surface area (TPSA) is 58.4 Å². The molecule has 1 aromatic heterocycles. The fraction of sp³-hybridized carbons (Fsp3) is 0.385. The third-order valence-electron chi connectivity index (χ3n) is 7.42. The monoisotopic (exact) mass is 449 g/mol. The van der Waals surface area contributed by atoms with Gasteiger partial charge in [-0.1, -0.05) is 0 Å². The number of halogens is 2. The van der Waals surface area contributed by atoms with E-state index in [9.17, 15) is 18.7 Å². The van der Waals surface area contributed by atoms with Crippen LogP contribution in [0.15, 0.2) is 42.5 Å². The summed E-state index contributed by atoms with van der Waals surface area (Å²) in [4.78, 5) is 14.3. The Morgan fingerprint density at radius 3 is 2.55 bits per heavy atom. The van der Waals surface area contributed by atoms with E-state index in [-0.39, 0.29) is 34.5 Å². The lowest BCUT2D eigenvalue weighted by Crippen LogP contribution is -2.64. The molecule has 7 heteroatoms. The number of carbonyl (C=O) groups excluding carboxylic acids is 1. The van der Waals surface area contributed by atoms with Gasteiger partial charge in [0.15, 0.2) is 0 Å². The second-order valence-electron chi connectivity index (χ2n) is 10.0. The summed E-state index contributed by atoms with van der Waals surface area (Å²) in [6.45, 7) is 3.09. The highest BCUT2D eigenvalue weighted by Gasteiger charge is 2.55. The van der Waals surface area contributed by atoms with Gasteiger partial charge in [-0.05, 0) is 80.6 Å². The van der Waals surface area contributed by atoms with Crippen molar-refractivity contribution in [1.29, 1.82) is 0 Å². The Morgan fingerprint density at radius 2 is 1.85 bits per heavy atom. The maximum atomic E-state index is 14.1. The standard InChI is InChI=1S/C26H25F2N3O2/c1-15-8-17(27)4-6-20(15)24-10-23(16-2-3-16)29-31(24)18-11-26(12-18)13-30(14-26)25(33)21-9-19(32)5-7-22(21)28/h4-10,16,18,32H,2-3,11-14H2,1H3. The van der Waals surface area contributed by atoms with Crippen molar-refractivity contribution < 1.29 is 18.7 Å². The third kappa shape index (κ3) is 3.41. The van der Waals surface area contributed by atoms with Crippen LogP contribution in [0.2, 0.25) is 0 Å². The number of aromatic hydroxyl groups is 1. The molecule has 1 amide bonds. The molecule has 2 aliphatic carbocycles. The number of carbonyl (C=O) groups is 1. The quantitative estimate of drug-likeness (QED) is 0.596. The number of nitrogens with zero attached hydrogens (tertiary/aromatic N) is 3. The molecular weight excluding hydrogens is 424 g/mol. The summed E-state index contributed by atoms with van der Waals surface area (Å²) in [7, 11) is 0. The Morgan fingerprint density at radius 1 is 1.09 bits per heavy atom. The number of aryl methyl sites for hydroxylation is 1. The minimum Gasteiger partial charge on any atom is -0.508 e. The molecule has 2 aromatic carbocycles. The van der Waals surface area contributed by atoms with Crippen LogP contribution in [0.5, 0.6) is 5.75 Å². The number of phenolic OH excluding ortho intramolecular Hbond substituents is 1. The van der Waals surface area contributed by atoms with Gasteiger partial charge in [-0.25, -0.2) is 8.78 Å². The van der Waals surface area contributed by atoms with Gasteiger partial charge < -0.3 is 10.0 Å². The van der Waals surface area contributed by atoms with Crippen LogP contribution in [0, 0.1) is 24.0 Å². The first kappa shape index (κ1) is 20.4. The molecule has 0 unspecified atom stereocenters. The molecule has 5 nitrogen and oxygen atoms in total. The number of rotatable bonds is 4. The van der Waals surface area contributed by atoms with Gasteiger partial charge in [-0.15, -0.1) is 0 Å². The van der Waals surface area contributed by atoms with Gasteiger partial charge in [0.2, 0.25) is 0 Å². The SMILES string of the molecule is Cc1cc(F)ccc1-c1cc(C2CC2)nn1C1CC2(C1)CN(C(=O)c1cc(O)ccc1F)C2. The van der Waals surface area contributed by atoms with Crippen molar-refractivity contribution in [2.45, 2.75) is 44.6 Å². The van der Waals surface area contributed by atoms with Gasteiger partial charge in [0.05, 0.1) is 23.0 Å². The molecule has 3 fully saturated rings. The van der Waals surface area contributed by atoms with Gasteiger partial charge in [-0.2, -0.15) is 5.10 Å². The number of amides is 1. The number of hydrogen-bond acceptors (Lipinski definition) is 3. The molecule has 3 aliphatic rings. The Balaban J connectivity index is 1.19. The first-order chi connectivity index (χ1) is 15.8. The maximum absolute atomic E-state index is 14.1. The average Bonchev–Trinajstić information content (AvgIpc) is 3.48. The van der Waals surface area contributed by atoms with E-state index in [0.717, 1.165) is 54.3 Å². The molecule has 2 saturated carbocycles. The maximum Gasteiger partial charge on any atom is 0.257 e. The van der Waals surface area contributed by atoms with Crippen LogP contribution in [0.3, 0.4) is 0 Å². The number of hydrogen-bond donors (Lipinski definition) is 1. The number of likely N-dealkylation sites (tertiary alicyclic amines) is 1. The molecule has 2 heterocycles. The summed E-state index contributed by atoms with van der Waals surface area (Å²) < 4.78 is 29.8. The predicted octanol–water partition coefficient (Wildman–Crippen LogP) is 5.20. The van der Waals surface area contributed by atoms with Crippen LogP contribution in [0.4, 0.5) is 8.78 Å². The summed E-state index contributed by atoms with van der Waals surface area (Å²) in [5.41, 5.74) is 3.98.